The molecule has 0 bridgehead atoms. The van der Waals surface area contributed by atoms with Crippen molar-refractivity contribution in [1.29, 1.82) is 0 Å². The molecule has 0 radical (unpaired) electrons. The van der Waals surface area contributed by atoms with E-state index >= 15 is 0 Å². The van der Waals surface area contributed by atoms with Gasteiger partial charge in [-0.25, -0.2) is 4.39 Å². The van der Waals surface area contributed by atoms with E-state index in [0.717, 1.165) is 31.2 Å². The summed E-state index contributed by atoms with van der Waals surface area (Å²) in [5.41, 5.74) is 4.01. The van der Waals surface area contributed by atoms with Crippen LogP contribution in [0.4, 0.5) is 4.39 Å². The Labute approximate surface area is 161 Å². The van der Waals surface area contributed by atoms with Crippen molar-refractivity contribution in [3.63, 3.8) is 0 Å². The van der Waals surface area contributed by atoms with E-state index in [4.69, 9.17) is 0 Å². The summed E-state index contributed by atoms with van der Waals surface area (Å²) in [4.78, 5) is 16.1. The van der Waals surface area contributed by atoms with Crippen molar-refractivity contribution < 1.29 is 9.18 Å². The van der Waals surface area contributed by atoms with Crippen LogP contribution in [0.5, 0.6) is 0 Å². The van der Waals surface area contributed by atoms with Crippen LogP contribution < -0.4 is 0 Å². The molecular formula is C24H28FNO. The third-order valence-corrected chi connectivity index (χ3v) is 8.54. The van der Waals surface area contributed by atoms with E-state index in [-0.39, 0.29) is 11.2 Å². The van der Waals surface area contributed by atoms with Gasteiger partial charge in [0.25, 0.3) is 0 Å². The van der Waals surface area contributed by atoms with Crippen LogP contribution in [0.1, 0.15) is 64.4 Å². The summed E-state index contributed by atoms with van der Waals surface area (Å²) in [6, 6.07) is 1.62. The number of carbonyl (C=O) groups is 1. The molecule has 0 aliphatic heterocycles. The summed E-state index contributed by atoms with van der Waals surface area (Å²) in [6.07, 6.45) is 14.9. The van der Waals surface area contributed by atoms with E-state index in [0.29, 0.717) is 29.0 Å². The molecule has 5 atom stereocenters. The summed E-state index contributed by atoms with van der Waals surface area (Å²) in [7, 11) is 0. The average Bonchev–Trinajstić information content (AvgIpc) is 2.99. The normalized spacial score (nSPS) is 40.6. The monoisotopic (exact) mass is 365 g/mol. The smallest absolute Gasteiger partial charge is 0.142 e. The maximum absolute atomic E-state index is 13.8. The molecule has 0 spiro atoms. The number of hydrogen-bond acceptors (Lipinski definition) is 2. The lowest BCUT2D eigenvalue weighted by molar-refractivity contribution is -0.130. The van der Waals surface area contributed by atoms with Crippen molar-refractivity contribution in [3.05, 3.63) is 47.6 Å². The number of halogens is 1. The summed E-state index contributed by atoms with van der Waals surface area (Å²) >= 11 is 0. The van der Waals surface area contributed by atoms with Gasteiger partial charge in [0, 0.05) is 24.5 Å². The molecule has 0 N–H and O–H groups in total. The van der Waals surface area contributed by atoms with E-state index in [2.05, 4.69) is 31.0 Å². The zero-order chi connectivity index (χ0) is 18.8. The molecule has 0 aromatic carbocycles. The van der Waals surface area contributed by atoms with E-state index in [1.54, 1.807) is 17.8 Å². The predicted molar refractivity (Wildman–Crippen MR) is 104 cm³/mol. The van der Waals surface area contributed by atoms with Gasteiger partial charge in [-0.05, 0) is 72.5 Å². The van der Waals surface area contributed by atoms with Gasteiger partial charge in [-0.1, -0.05) is 31.6 Å². The third kappa shape index (κ3) is 2.43. The van der Waals surface area contributed by atoms with E-state index in [1.165, 1.54) is 31.0 Å². The van der Waals surface area contributed by atoms with Crippen LogP contribution >= 0.6 is 0 Å². The number of allylic oxidation sites excluding steroid dienone is 4. The van der Waals surface area contributed by atoms with Crippen molar-refractivity contribution in [3.8, 4) is 0 Å². The highest BCUT2D eigenvalue weighted by Crippen LogP contribution is 2.65. The average molecular weight is 365 g/mol. The van der Waals surface area contributed by atoms with Gasteiger partial charge in [-0.3, -0.25) is 9.78 Å². The van der Waals surface area contributed by atoms with Crippen LogP contribution in [0.25, 0.3) is 5.57 Å². The number of nitrogens with zero attached hydrogens (tertiary/aromatic N) is 1. The highest BCUT2D eigenvalue weighted by Gasteiger charge is 2.56. The zero-order valence-corrected chi connectivity index (χ0v) is 16.3. The molecule has 1 aromatic heterocycles. The molecule has 5 rings (SSSR count). The van der Waals surface area contributed by atoms with Gasteiger partial charge in [0.05, 0.1) is 6.20 Å². The van der Waals surface area contributed by atoms with Gasteiger partial charge in [-0.15, -0.1) is 0 Å². The maximum atomic E-state index is 13.8. The van der Waals surface area contributed by atoms with Crippen LogP contribution in [0.15, 0.2) is 36.2 Å². The number of aromatic nitrogens is 1. The van der Waals surface area contributed by atoms with Crippen LogP contribution in [0, 0.1) is 34.4 Å². The van der Waals surface area contributed by atoms with E-state index < -0.39 is 0 Å². The molecule has 4 aliphatic rings. The minimum Gasteiger partial charge on any atom is -0.300 e. The van der Waals surface area contributed by atoms with Gasteiger partial charge in [0.15, 0.2) is 0 Å². The van der Waals surface area contributed by atoms with Crippen molar-refractivity contribution in [1.82, 2.24) is 4.98 Å². The Kier molecular flexibility index (Phi) is 3.76. The first kappa shape index (κ1) is 17.3. The van der Waals surface area contributed by atoms with Crippen LogP contribution in [-0.2, 0) is 4.79 Å². The number of Topliss-reactive ketones (excluding diaryl/α,β-unsaturated/α-hetero) is 1. The maximum Gasteiger partial charge on any atom is 0.142 e. The molecule has 0 amide bonds. The quantitative estimate of drug-likeness (QED) is 0.634. The number of pyridine rings is 1. The first-order chi connectivity index (χ1) is 12.9. The summed E-state index contributed by atoms with van der Waals surface area (Å²) in [5.74, 6) is 2.07. The summed E-state index contributed by atoms with van der Waals surface area (Å²) in [6.45, 7) is 4.81. The second-order valence-electron chi connectivity index (χ2n) is 9.70. The summed E-state index contributed by atoms with van der Waals surface area (Å²) < 4.78 is 13.8. The lowest BCUT2D eigenvalue weighted by Gasteiger charge is -2.58. The van der Waals surface area contributed by atoms with Gasteiger partial charge in [-0.2, -0.15) is 0 Å². The first-order valence-electron chi connectivity index (χ1n) is 10.5. The molecule has 1 aromatic rings. The molecule has 0 saturated heterocycles. The summed E-state index contributed by atoms with van der Waals surface area (Å²) in [5, 5.41) is 0. The van der Waals surface area contributed by atoms with E-state index in [1.807, 2.05) is 0 Å². The number of rotatable bonds is 1. The van der Waals surface area contributed by atoms with Crippen molar-refractivity contribution in [2.75, 3.05) is 0 Å². The Morgan fingerprint density at radius 1 is 1.11 bits per heavy atom. The van der Waals surface area contributed by atoms with Crippen molar-refractivity contribution >= 4 is 11.4 Å². The fraction of sp³-hybridized carbons (Fsp3) is 0.583. The second-order valence-corrected chi connectivity index (χ2v) is 9.70. The number of fused-ring (bicyclic) bond motifs is 5. The molecule has 3 saturated carbocycles. The minimum absolute atomic E-state index is 0.00429. The fourth-order valence-electron chi connectivity index (χ4n) is 7.01. The topological polar surface area (TPSA) is 30.0 Å². The standard InChI is InChI=1S/C24H28FNO/c1-23-9-7-18(27)12-16(23)3-4-19-21-6-5-20(15-11-17(25)14-26-13-15)24(21,2)10-8-22(19)23/h5-6,11,13-14,16,19,22H,3-4,7-10,12H2,1-2H3/t16?,19-,22-,23-,24+/m0/s1. The minimum atomic E-state index is -0.265. The van der Waals surface area contributed by atoms with Gasteiger partial charge >= 0.3 is 0 Å². The number of carbonyl (C=O) groups excluding carboxylic acids is 1. The third-order valence-electron chi connectivity index (χ3n) is 8.54. The molecule has 27 heavy (non-hydrogen) atoms. The molecule has 1 heterocycles. The van der Waals surface area contributed by atoms with Crippen molar-refractivity contribution in [2.45, 2.75) is 58.8 Å². The number of hydrogen-bond donors (Lipinski definition) is 0. The molecule has 3 fully saturated rings. The van der Waals surface area contributed by atoms with Gasteiger partial charge in [0.2, 0.25) is 0 Å². The zero-order valence-electron chi connectivity index (χ0n) is 16.3. The molecule has 4 aliphatic carbocycles. The highest BCUT2D eigenvalue weighted by molar-refractivity contribution is 5.80. The van der Waals surface area contributed by atoms with Gasteiger partial charge < -0.3 is 0 Å². The Morgan fingerprint density at radius 3 is 2.78 bits per heavy atom. The van der Waals surface area contributed by atoms with Gasteiger partial charge in [0.1, 0.15) is 11.6 Å². The molecule has 3 heteroatoms. The molecular weight excluding hydrogens is 337 g/mol. The van der Waals surface area contributed by atoms with Crippen LogP contribution in [0.3, 0.4) is 0 Å². The Bertz CT molecular complexity index is 871. The van der Waals surface area contributed by atoms with Crippen LogP contribution in [-0.4, -0.2) is 10.8 Å². The molecule has 2 nitrogen and oxygen atoms in total. The molecule has 1 unspecified atom stereocenters. The largest absolute Gasteiger partial charge is 0.300 e. The number of ketones is 1. The predicted octanol–water partition coefficient (Wildman–Crippen LogP) is 5.75. The second kappa shape index (κ2) is 5.86. The molecule has 142 valence electrons. The van der Waals surface area contributed by atoms with Crippen molar-refractivity contribution in [2.24, 2.45) is 28.6 Å². The lowest BCUT2D eigenvalue weighted by Crippen LogP contribution is -2.50. The fourth-order valence-corrected chi connectivity index (χ4v) is 7.01. The Hall–Kier alpha value is -1.77. The van der Waals surface area contributed by atoms with Crippen LogP contribution in [0.2, 0.25) is 0 Å². The SMILES string of the molecule is C[C@]12CC[C@H]3[C@@H](CCC4CC(=O)CC[C@@]43C)C1=CC=C2c1cncc(F)c1. The highest BCUT2D eigenvalue weighted by atomic mass is 19.1. The Morgan fingerprint density at radius 2 is 1.96 bits per heavy atom. The Balaban J connectivity index is 1.47. The lowest BCUT2D eigenvalue weighted by atomic mass is 9.46. The first-order valence-corrected chi connectivity index (χ1v) is 10.5. The van der Waals surface area contributed by atoms with E-state index in [9.17, 15) is 9.18 Å².